The lowest BCUT2D eigenvalue weighted by Crippen LogP contribution is -2.46. The molecule has 0 bridgehead atoms. The summed E-state index contributed by atoms with van der Waals surface area (Å²) in [6, 6.07) is 0. The van der Waals surface area contributed by atoms with Crippen molar-refractivity contribution in [2.24, 2.45) is 17.6 Å². The average molecular weight is 226 g/mol. The Bertz CT molecular complexity index is 287. The molecular formula is C11H18N2O3. The molecule has 5 heteroatoms. The summed E-state index contributed by atoms with van der Waals surface area (Å²) in [5.41, 5.74) is 5.28. The number of hydrogen-bond acceptors (Lipinski definition) is 3. The summed E-state index contributed by atoms with van der Waals surface area (Å²) in [5.74, 6) is -0.338. The normalized spacial score (nSPS) is 30.4. The van der Waals surface area contributed by atoms with E-state index < -0.39 is 0 Å². The Morgan fingerprint density at radius 2 is 2.06 bits per heavy atom. The lowest BCUT2D eigenvalue weighted by molar-refractivity contribution is -0.138. The van der Waals surface area contributed by atoms with Gasteiger partial charge in [-0.15, -0.1) is 0 Å². The van der Waals surface area contributed by atoms with Crippen LogP contribution in [-0.2, 0) is 14.3 Å². The Labute approximate surface area is 94.9 Å². The van der Waals surface area contributed by atoms with Gasteiger partial charge in [-0.1, -0.05) is 0 Å². The van der Waals surface area contributed by atoms with Crippen molar-refractivity contribution in [1.82, 2.24) is 4.90 Å². The molecule has 2 rings (SSSR count). The zero-order valence-electron chi connectivity index (χ0n) is 9.35. The Hall–Kier alpha value is -1.10. The molecule has 2 saturated heterocycles. The van der Waals surface area contributed by atoms with Crippen LogP contribution in [-0.4, -0.2) is 43.0 Å². The van der Waals surface area contributed by atoms with Crippen molar-refractivity contribution in [3.8, 4) is 0 Å². The summed E-state index contributed by atoms with van der Waals surface area (Å²) in [7, 11) is 0. The molecule has 2 fully saturated rings. The van der Waals surface area contributed by atoms with Crippen LogP contribution in [0, 0.1) is 11.8 Å². The Morgan fingerprint density at radius 1 is 1.25 bits per heavy atom. The lowest BCUT2D eigenvalue weighted by Gasteiger charge is -2.32. The fourth-order valence-corrected chi connectivity index (χ4v) is 2.40. The SMILES string of the molecule is NC(=O)C1CCCN(C(=O)C2CCOC2)C1. The molecule has 0 saturated carbocycles. The quantitative estimate of drug-likeness (QED) is 0.705. The van der Waals surface area contributed by atoms with Crippen molar-refractivity contribution in [2.45, 2.75) is 19.3 Å². The summed E-state index contributed by atoms with van der Waals surface area (Å²) in [6.45, 7) is 2.43. The summed E-state index contributed by atoms with van der Waals surface area (Å²) >= 11 is 0. The maximum absolute atomic E-state index is 12.1. The first-order chi connectivity index (χ1) is 7.68. The Morgan fingerprint density at radius 3 is 2.69 bits per heavy atom. The number of amides is 2. The van der Waals surface area contributed by atoms with Gasteiger partial charge in [0.2, 0.25) is 11.8 Å². The van der Waals surface area contributed by atoms with E-state index in [1.807, 2.05) is 0 Å². The molecule has 2 aliphatic heterocycles. The van der Waals surface area contributed by atoms with Crippen LogP contribution in [0.5, 0.6) is 0 Å². The van der Waals surface area contributed by atoms with E-state index in [9.17, 15) is 9.59 Å². The Balaban J connectivity index is 1.93. The van der Waals surface area contributed by atoms with E-state index in [2.05, 4.69) is 0 Å². The third-order valence-electron chi connectivity index (χ3n) is 3.41. The van der Waals surface area contributed by atoms with Gasteiger partial charge in [0, 0.05) is 19.7 Å². The van der Waals surface area contributed by atoms with Crippen molar-refractivity contribution in [1.29, 1.82) is 0 Å². The third kappa shape index (κ3) is 2.35. The molecule has 2 aliphatic rings. The third-order valence-corrected chi connectivity index (χ3v) is 3.41. The van der Waals surface area contributed by atoms with Gasteiger partial charge in [0.1, 0.15) is 0 Å². The number of rotatable bonds is 2. The number of primary amides is 1. The highest BCUT2D eigenvalue weighted by Crippen LogP contribution is 2.21. The molecule has 0 aromatic heterocycles. The number of nitrogens with zero attached hydrogens (tertiary/aromatic N) is 1. The molecule has 2 N–H and O–H groups in total. The van der Waals surface area contributed by atoms with Gasteiger partial charge < -0.3 is 15.4 Å². The van der Waals surface area contributed by atoms with Crippen molar-refractivity contribution in [3.05, 3.63) is 0 Å². The van der Waals surface area contributed by atoms with Crippen LogP contribution in [0.1, 0.15) is 19.3 Å². The molecule has 0 aliphatic carbocycles. The predicted octanol–water partition coefficient (Wildman–Crippen LogP) is -0.253. The van der Waals surface area contributed by atoms with Gasteiger partial charge >= 0.3 is 0 Å². The Kier molecular flexibility index (Phi) is 3.43. The number of carbonyl (C=O) groups excluding carboxylic acids is 2. The first-order valence-corrected chi connectivity index (χ1v) is 5.84. The van der Waals surface area contributed by atoms with E-state index >= 15 is 0 Å². The fourth-order valence-electron chi connectivity index (χ4n) is 2.40. The highest BCUT2D eigenvalue weighted by atomic mass is 16.5. The first-order valence-electron chi connectivity index (χ1n) is 5.84. The largest absolute Gasteiger partial charge is 0.381 e. The molecular weight excluding hydrogens is 208 g/mol. The zero-order chi connectivity index (χ0) is 11.5. The van der Waals surface area contributed by atoms with Gasteiger partial charge in [-0.3, -0.25) is 9.59 Å². The van der Waals surface area contributed by atoms with Crippen molar-refractivity contribution >= 4 is 11.8 Å². The van der Waals surface area contributed by atoms with Gasteiger partial charge in [0.25, 0.3) is 0 Å². The molecule has 16 heavy (non-hydrogen) atoms. The maximum atomic E-state index is 12.1. The van der Waals surface area contributed by atoms with E-state index in [4.69, 9.17) is 10.5 Å². The molecule has 5 nitrogen and oxygen atoms in total. The van der Waals surface area contributed by atoms with Crippen LogP contribution < -0.4 is 5.73 Å². The first kappa shape index (κ1) is 11.4. The van der Waals surface area contributed by atoms with Crippen LogP contribution in [0.15, 0.2) is 0 Å². The number of carbonyl (C=O) groups is 2. The van der Waals surface area contributed by atoms with Gasteiger partial charge in [-0.2, -0.15) is 0 Å². The summed E-state index contributed by atoms with van der Waals surface area (Å²) in [4.78, 5) is 24.9. The van der Waals surface area contributed by atoms with Gasteiger partial charge in [-0.05, 0) is 19.3 Å². The molecule has 0 radical (unpaired) electrons. The van der Waals surface area contributed by atoms with Crippen LogP contribution in [0.2, 0.25) is 0 Å². The zero-order valence-corrected chi connectivity index (χ0v) is 9.35. The van der Waals surface area contributed by atoms with E-state index in [0.717, 1.165) is 25.8 Å². The van der Waals surface area contributed by atoms with Crippen LogP contribution >= 0.6 is 0 Å². The molecule has 2 heterocycles. The topological polar surface area (TPSA) is 72.6 Å². The van der Waals surface area contributed by atoms with Gasteiger partial charge in [-0.25, -0.2) is 0 Å². The molecule has 2 atom stereocenters. The van der Waals surface area contributed by atoms with Gasteiger partial charge in [0.15, 0.2) is 0 Å². The number of likely N-dealkylation sites (tertiary alicyclic amines) is 1. The van der Waals surface area contributed by atoms with E-state index in [1.54, 1.807) is 4.90 Å². The van der Waals surface area contributed by atoms with Crippen LogP contribution in [0.4, 0.5) is 0 Å². The van der Waals surface area contributed by atoms with E-state index in [1.165, 1.54) is 0 Å². The smallest absolute Gasteiger partial charge is 0.228 e. The molecule has 2 unspecified atom stereocenters. The second-order valence-corrected chi connectivity index (χ2v) is 4.59. The van der Waals surface area contributed by atoms with E-state index in [0.29, 0.717) is 19.8 Å². The predicted molar refractivity (Wildman–Crippen MR) is 57.4 cm³/mol. The van der Waals surface area contributed by atoms with Gasteiger partial charge in [0.05, 0.1) is 18.4 Å². The minimum Gasteiger partial charge on any atom is -0.381 e. The lowest BCUT2D eigenvalue weighted by atomic mass is 9.96. The monoisotopic (exact) mass is 226 g/mol. The highest BCUT2D eigenvalue weighted by Gasteiger charge is 2.32. The van der Waals surface area contributed by atoms with Crippen molar-refractivity contribution < 1.29 is 14.3 Å². The minimum atomic E-state index is -0.292. The fraction of sp³-hybridized carbons (Fsp3) is 0.818. The number of hydrogen-bond donors (Lipinski definition) is 1. The van der Waals surface area contributed by atoms with Crippen molar-refractivity contribution in [3.63, 3.8) is 0 Å². The molecule has 0 spiro atoms. The second-order valence-electron chi connectivity index (χ2n) is 4.59. The molecule has 90 valence electrons. The molecule has 0 aromatic rings. The van der Waals surface area contributed by atoms with Crippen molar-refractivity contribution in [2.75, 3.05) is 26.3 Å². The highest BCUT2D eigenvalue weighted by molar-refractivity contribution is 5.81. The average Bonchev–Trinajstić information content (AvgIpc) is 2.81. The summed E-state index contributed by atoms with van der Waals surface area (Å²) < 4.78 is 5.20. The van der Waals surface area contributed by atoms with Crippen LogP contribution in [0.25, 0.3) is 0 Å². The number of piperidine rings is 1. The van der Waals surface area contributed by atoms with Crippen LogP contribution in [0.3, 0.4) is 0 Å². The van der Waals surface area contributed by atoms with E-state index in [-0.39, 0.29) is 23.7 Å². The molecule has 0 aromatic carbocycles. The number of ether oxygens (including phenoxy) is 1. The minimum absolute atomic E-state index is 0.00775. The summed E-state index contributed by atoms with van der Waals surface area (Å²) in [6.07, 6.45) is 2.48. The second kappa shape index (κ2) is 4.82. The number of nitrogens with two attached hydrogens (primary N) is 1. The summed E-state index contributed by atoms with van der Waals surface area (Å²) in [5, 5.41) is 0. The molecule has 2 amide bonds. The standard InChI is InChI=1S/C11H18N2O3/c12-10(14)8-2-1-4-13(6-8)11(15)9-3-5-16-7-9/h8-9H,1-7H2,(H2,12,14). The maximum Gasteiger partial charge on any atom is 0.228 e.